The summed E-state index contributed by atoms with van der Waals surface area (Å²) < 4.78 is 5.23. The fourth-order valence-corrected chi connectivity index (χ4v) is 1.97. The van der Waals surface area contributed by atoms with Gasteiger partial charge in [-0.05, 0) is 31.0 Å². The molecule has 0 bridgehead atoms. The summed E-state index contributed by atoms with van der Waals surface area (Å²) in [5, 5.41) is 11.7. The Kier molecular flexibility index (Phi) is 3.84. The number of carboxylic acid groups (broad SMARTS) is 1. The van der Waals surface area contributed by atoms with Gasteiger partial charge in [0.2, 0.25) is 0 Å². The van der Waals surface area contributed by atoms with Crippen LogP contribution in [0.25, 0.3) is 0 Å². The van der Waals surface area contributed by atoms with Gasteiger partial charge in [-0.15, -0.1) is 0 Å². The summed E-state index contributed by atoms with van der Waals surface area (Å²) in [4.78, 5) is 22.7. The van der Waals surface area contributed by atoms with Crippen LogP contribution >= 0.6 is 11.6 Å². The van der Waals surface area contributed by atoms with Crippen molar-refractivity contribution in [2.75, 3.05) is 11.9 Å². The van der Waals surface area contributed by atoms with Crippen LogP contribution < -0.4 is 5.32 Å². The number of hydrogen-bond donors (Lipinski definition) is 2. The van der Waals surface area contributed by atoms with E-state index in [0.717, 1.165) is 6.42 Å². The molecular formula is C12H12ClNO4. The first-order valence-electron chi connectivity index (χ1n) is 5.53. The number of aromatic carboxylic acids is 1. The van der Waals surface area contributed by atoms with Gasteiger partial charge in [0.25, 0.3) is 5.91 Å². The van der Waals surface area contributed by atoms with Crippen LogP contribution in [0.15, 0.2) is 18.2 Å². The maximum absolute atomic E-state index is 11.8. The highest BCUT2D eigenvalue weighted by Crippen LogP contribution is 2.21. The summed E-state index contributed by atoms with van der Waals surface area (Å²) in [5.41, 5.74) is 0.360. The minimum Gasteiger partial charge on any atom is -0.478 e. The first-order valence-corrected chi connectivity index (χ1v) is 5.91. The summed E-state index contributed by atoms with van der Waals surface area (Å²) in [6, 6.07) is 4.33. The van der Waals surface area contributed by atoms with Crippen LogP contribution in [0, 0.1) is 0 Å². The van der Waals surface area contributed by atoms with Crippen molar-refractivity contribution in [3.63, 3.8) is 0 Å². The molecule has 1 aliphatic heterocycles. The van der Waals surface area contributed by atoms with Gasteiger partial charge in [0.1, 0.15) is 6.10 Å². The Morgan fingerprint density at radius 3 is 2.83 bits per heavy atom. The summed E-state index contributed by atoms with van der Waals surface area (Å²) in [6.45, 7) is 0.582. The second-order valence-electron chi connectivity index (χ2n) is 3.99. The normalized spacial score (nSPS) is 18.6. The van der Waals surface area contributed by atoms with Gasteiger partial charge in [-0.1, -0.05) is 11.6 Å². The predicted molar refractivity (Wildman–Crippen MR) is 66.0 cm³/mol. The van der Waals surface area contributed by atoms with Gasteiger partial charge in [-0.3, -0.25) is 4.79 Å². The number of ether oxygens (including phenoxy) is 1. The number of rotatable bonds is 3. The molecular weight excluding hydrogens is 258 g/mol. The minimum absolute atomic E-state index is 0.0400. The molecule has 2 rings (SSSR count). The Balaban J connectivity index is 2.11. The molecule has 1 saturated heterocycles. The molecule has 1 heterocycles. The molecule has 6 heteroatoms. The van der Waals surface area contributed by atoms with E-state index in [1.807, 2.05) is 0 Å². The number of carbonyl (C=O) groups excluding carboxylic acids is 1. The molecule has 0 radical (unpaired) electrons. The lowest BCUT2D eigenvalue weighted by Crippen LogP contribution is -2.26. The molecule has 0 aliphatic carbocycles. The Morgan fingerprint density at radius 1 is 1.44 bits per heavy atom. The highest BCUT2D eigenvalue weighted by Gasteiger charge is 2.23. The van der Waals surface area contributed by atoms with E-state index in [9.17, 15) is 9.59 Å². The minimum atomic E-state index is -1.13. The van der Waals surface area contributed by atoms with Crippen molar-refractivity contribution < 1.29 is 19.4 Å². The van der Waals surface area contributed by atoms with E-state index in [2.05, 4.69) is 5.32 Å². The van der Waals surface area contributed by atoms with Crippen molar-refractivity contribution in [1.29, 1.82) is 0 Å². The maximum atomic E-state index is 11.8. The van der Waals surface area contributed by atoms with Crippen LogP contribution in [-0.4, -0.2) is 29.7 Å². The van der Waals surface area contributed by atoms with Crippen LogP contribution in [0.5, 0.6) is 0 Å². The number of anilines is 1. The molecule has 1 fully saturated rings. The summed E-state index contributed by atoms with van der Waals surface area (Å²) in [5.74, 6) is -1.39. The third-order valence-electron chi connectivity index (χ3n) is 2.69. The zero-order valence-electron chi connectivity index (χ0n) is 9.48. The van der Waals surface area contributed by atoms with Gasteiger partial charge in [-0.25, -0.2) is 4.79 Å². The number of amides is 1. The third kappa shape index (κ3) is 2.80. The molecule has 2 N–H and O–H groups in total. The average Bonchev–Trinajstić information content (AvgIpc) is 2.85. The van der Waals surface area contributed by atoms with Crippen LogP contribution in [0.1, 0.15) is 23.2 Å². The largest absolute Gasteiger partial charge is 0.478 e. The van der Waals surface area contributed by atoms with E-state index in [1.165, 1.54) is 12.1 Å². The van der Waals surface area contributed by atoms with Gasteiger partial charge in [0, 0.05) is 12.3 Å². The van der Waals surface area contributed by atoms with Crippen molar-refractivity contribution in [3.05, 3.63) is 28.8 Å². The Bertz CT molecular complexity index is 483. The van der Waals surface area contributed by atoms with Crippen molar-refractivity contribution in [2.45, 2.75) is 18.9 Å². The Hall–Kier alpha value is -1.59. The van der Waals surface area contributed by atoms with Gasteiger partial charge >= 0.3 is 5.97 Å². The number of hydrogen-bond acceptors (Lipinski definition) is 3. The molecule has 1 amide bonds. The highest BCUT2D eigenvalue weighted by atomic mass is 35.5. The lowest BCUT2D eigenvalue weighted by molar-refractivity contribution is -0.124. The van der Waals surface area contributed by atoms with E-state index < -0.39 is 12.1 Å². The molecule has 0 unspecified atom stereocenters. The second kappa shape index (κ2) is 5.37. The molecule has 1 aromatic rings. The number of halogens is 1. The van der Waals surface area contributed by atoms with Crippen molar-refractivity contribution in [1.82, 2.24) is 0 Å². The van der Waals surface area contributed by atoms with Crippen LogP contribution in [0.2, 0.25) is 5.02 Å². The van der Waals surface area contributed by atoms with Gasteiger partial charge in [0.15, 0.2) is 0 Å². The SMILES string of the molecule is O=C(O)c1cc(NC(=O)[C@@H]2CCCO2)ccc1Cl. The summed E-state index contributed by atoms with van der Waals surface area (Å²) in [7, 11) is 0. The maximum Gasteiger partial charge on any atom is 0.337 e. The fourth-order valence-electron chi connectivity index (χ4n) is 1.77. The number of benzene rings is 1. The van der Waals surface area contributed by atoms with Crippen molar-refractivity contribution in [3.8, 4) is 0 Å². The Labute approximate surface area is 109 Å². The topological polar surface area (TPSA) is 75.6 Å². The first kappa shape index (κ1) is 12.9. The quantitative estimate of drug-likeness (QED) is 0.882. The van der Waals surface area contributed by atoms with Gasteiger partial charge in [0.05, 0.1) is 10.6 Å². The van der Waals surface area contributed by atoms with Crippen molar-refractivity contribution >= 4 is 29.2 Å². The number of carboxylic acids is 1. The van der Waals surface area contributed by atoms with Crippen molar-refractivity contribution in [2.24, 2.45) is 0 Å². The lowest BCUT2D eigenvalue weighted by Gasteiger charge is -2.11. The zero-order valence-corrected chi connectivity index (χ0v) is 10.2. The van der Waals surface area contributed by atoms with Crippen LogP contribution in [-0.2, 0) is 9.53 Å². The summed E-state index contributed by atoms with van der Waals surface area (Å²) in [6.07, 6.45) is 1.10. The molecule has 0 saturated carbocycles. The van der Waals surface area contributed by atoms with Gasteiger partial charge < -0.3 is 15.2 Å². The zero-order chi connectivity index (χ0) is 13.1. The first-order chi connectivity index (χ1) is 8.58. The highest BCUT2D eigenvalue weighted by molar-refractivity contribution is 6.33. The van der Waals surface area contributed by atoms with Gasteiger partial charge in [-0.2, -0.15) is 0 Å². The molecule has 5 nitrogen and oxygen atoms in total. The molecule has 0 aromatic heterocycles. The average molecular weight is 270 g/mol. The van der Waals surface area contributed by atoms with E-state index in [-0.39, 0.29) is 16.5 Å². The standard InChI is InChI=1S/C12H12ClNO4/c13-9-4-3-7(6-8(9)12(16)17)14-11(15)10-2-1-5-18-10/h3-4,6,10H,1-2,5H2,(H,14,15)(H,16,17)/t10-/m0/s1. The number of nitrogens with one attached hydrogen (secondary N) is 1. The molecule has 18 heavy (non-hydrogen) atoms. The third-order valence-corrected chi connectivity index (χ3v) is 3.02. The molecule has 96 valence electrons. The van der Waals surface area contributed by atoms with E-state index in [1.54, 1.807) is 6.07 Å². The molecule has 1 aromatic carbocycles. The van der Waals surface area contributed by atoms with E-state index in [4.69, 9.17) is 21.4 Å². The fraction of sp³-hybridized carbons (Fsp3) is 0.333. The predicted octanol–water partition coefficient (Wildman–Crippen LogP) is 2.16. The lowest BCUT2D eigenvalue weighted by atomic mass is 10.2. The monoisotopic (exact) mass is 269 g/mol. The number of carbonyl (C=O) groups is 2. The smallest absolute Gasteiger partial charge is 0.337 e. The van der Waals surface area contributed by atoms with Crippen LogP contribution in [0.3, 0.4) is 0 Å². The summed E-state index contributed by atoms with van der Waals surface area (Å²) >= 11 is 5.74. The Morgan fingerprint density at radius 2 is 2.22 bits per heavy atom. The van der Waals surface area contributed by atoms with E-state index in [0.29, 0.717) is 18.7 Å². The molecule has 1 aliphatic rings. The second-order valence-corrected chi connectivity index (χ2v) is 4.40. The molecule has 0 spiro atoms. The van der Waals surface area contributed by atoms with E-state index >= 15 is 0 Å². The molecule has 1 atom stereocenters. The van der Waals surface area contributed by atoms with Crippen LogP contribution in [0.4, 0.5) is 5.69 Å².